The number of ether oxygens (including phenoxy) is 1. The van der Waals surface area contributed by atoms with E-state index in [0.29, 0.717) is 18.1 Å². The molecule has 4 nitrogen and oxygen atoms in total. The normalized spacial score (nSPS) is 10.4. The Bertz CT molecular complexity index is 675. The lowest BCUT2D eigenvalue weighted by molar-refractivity contribution is 0.385. The number of aromatic nitrogens is 2. The molecule has 0 unspecified atom stereocenters. The molecular weight excluding hydrogens is 252 g/mol. The Labute approximate surface area is 117 Å². The van der Waals surface area contributed by atoms with Gasteiger partial charge in [-0.25, -0.2) is 0 Å². The van der Waals surface area contributed by atoms with E-state index in [9.17, 15) is 0 Å². The molecule has 100 valence electrons. The minimum atomic E-state index is 0.596. The fourth-order valence-electron chi connectivity index (χ4n) is 1.95. The molecule has 2 aromatic carbocycles. The molecular formula is C16H14N2O2. The van der Waals surface area contributed by atoms with Gasteiger partial charge in [-0.3, -0.25) is 0 Å². The molecule has 0 saturated heterocycles. The van der Waals surface area contributed by atoms with E-state index in [1.165, 1.54) is 0 Å². The molecule has 0 aliphatic carbocycles. The number of rotatable bonds is 4. The van der Waals surface area contributed by atoms with Gasteiger partial charge in [0.1, 0.15) is 5.75 Å². The zero-order valence-electron chi connectivity index (χ0n) is 11.1. The van der Waals surface area contributed by atoms with Gasteiger partial charge in [0.2, 0.25) is 11.7 Å². The van der Waals surface area contributed by atoms with Crippen LogP contribution in [0.4, 0.5) is 0 Å². The molecule has 0 radical (unpaired) electrons. The summed E-state index contributed by atoms with van der Waals surface area (Å²) in [7, 11) is 1.64. The maximum atomic E-state index is 5.29. The lowest BCUT2D eigenvalue weighted by atomic mass is 10.1. The molecule has 0 spiro atoms. The van der Waals surface area contributed by atoms with Crippen molar-refractivity contribution in [3.8, 4) is 17.1 Å². The lowest BCUT2D eigenvalue weighted by Gasteiger charge is -1.99. The van der Waals surface area contributed by atoms with E-state index < -0.39 is 0 Å². The minimum Gasteiger partial charge on any atom is -0.497 e. The van der Waals surface area contributed by atoms with Crippen molar-refractivity contribution < 1.29 is 9.26 Å². The first kappa shape index (κ1) is 12.4. The number of nitrogens with zero attached hydrogens (tertiary/aromatic N) is 2. The molecule has 0 bridgehead atoms. The highest BCUT2D eigenvalue weighted by molar-refractivity contribution is 5.55. The number of methoxy groups -OCH3 is 1. The monoisotopic (exact) mass is 266 g/mol. The minimum absolute atomic E-state index is 0.596. The van der Waals surface area contributed by atoms with E-state index in [2.05, 4.69) is 10.1 Å². The highest BCUT2D eigenvalue weighted by Gasteiger charge is 2.09. The average Bonchev–Trinajstić information content (AvgIpc) is 2.97. The summed E-state index contributed by atoms with van der Waals surface area (Å²) in [5, 5.41) is 4.01. The maximum absolute atomic E-state index is 5.29. The number of benzene rings is 2. The third kappa shape index (κ3) is 2.69. The summed E-state index contributed by atoms with van der Waals surface area (Å²) in [6.07, 6.45) is 0.643. The van der Waals surface area contributed by atoms with Gasteiger partial charge in [0.15, 0.2) is 0 Å². The molecule has 0 aliphatic heterocycles. The Hall–Kier alpha value is -2.62. The molecule has 1 heterocycles. The fraction of sp³-hybridized carbons (Fsp3) is 0.125. The summed E-state index contributed by atoms with van der Waals surface area (Å²) < 4.78 is 10.4. The van der Waals surface area contributed by atoms with Crippen LogP contribution in [0.25, 0.3) is 11.4 Å². The maximum Gasteiger partial charge on any atom is 0.231 e. The molecule has 0 aliphatic rings. The van der Waals surface area contributed by atoms with E-state index >= 15 is 0 Å². The molecule has 20 heavy (non-hydrogen) atoms. The summed E-state index contributed by atoms with van der Waals surface area (Å²) in [5.74, 6) is 2.02. The summed E-state index contributed by atoms with van der Waals surface area (Å²) >= 11 is 0. The predicted octanol–water partition coefficient (Wildman–Crippen LogP) is 3.34. The van der Waals surface area contributed by atoms with Crippen LogP contribution in [-0.2, 0) is 6.42 Å². The zero-order chi connectivity index (χ0) is 13.8. The molecule has 1 aromatic heterocycles. The van der Waals surface area contributed by atoms with Crippen molar-refractivity contribution >= 4 is 0 Å². The molecule has 0 saturated carbocycles. The molecule has 4 heteroatoms. The molecule has 3 aromatic rings. The van der Waals surface area contributed by atoms with E-state index in [4.69, 9.17) is 9.26 Å². The molecule has 0 N–H and O–H groups in total. The number of hydrogen-bond donors (Lipinski definition) is 0. The van der Waals surface area contributed by atoms with Gasteiger partial charge in [-0.1, -0.05) is 35.5 Å². The Morgan fingerprint density at radius 1 is 1.00 bits per heavy atom. The van der Waals surface area contributed by atoms with Crippen LogP contribution in [0.15, 0.2) is 59.1 Å². The van der Waals surface area contributed by atoms with Crippen LogP contribution in [0.3, 0.4) is 0 Å². The van der Waals surface area contributed by atoms with Gasteiger partial charge in [0.25, 0.3) is 0 Å². The Kier molecular flexibility index (Phi) is 3.46. The average molecular weight is 266 g/mol. The molecule has 0 atom stereocenters. The lowest BCUT2D eigenvalue weighted by Crippen LogP contribution is -1.88. The van der Waals surface area contributed by atoms with Crippen LogP contribution in [0.1, 0.15) is 11.5 Å². The second-order valence-electron chi connectivity index (χ2n) is 4.40. The van der Waals surface area contributed by atoms with Crippen LogP contribution < -0.4 is 4.74 Å². The van der Waals surface area contributed by atoms with Crippen molar-refractivity contribution in [3.63, 3.8) is 0 Å². The standard InChI is InChI=1S/C16H14N2O2/c1-19-14-9-7-13(8-10-14)16-17-15(20-18-16)11-12-5-3-2-4-6-12/h2-10H,11H2,1H3. The van der Waals surface area contributed by atoms with Gasteiger partial charge in [0.05, 0.1) is 13.5 Å². The van der Waals surface area contributed by atoms with Gasteiger partial charge in [-0.2, -0.15) is 4.98 Å². The zero-order valence-corrected chi connectivity index (χ0v) is 11.1. The number of hydrogen-bond acceptors (Lipinski definition) is 4. The van der Waals surface area contributed by atoms with E-state index in [-0.39, 0.29) is 0 Å². The molecule has 0 fully saturated rings. The van der Waals surface area contributed by atoms with Crippen molar-refractivity contribution in [2.75, 3.05) is 7.11 Å². The third-order valence-corrected chi connectivity index (χ3v) is 3.01. The van der Waals surface area contributed by atoms with Gasteiger partial charge in [-0.05, 0) is 29.8 Å². The van der Waals surface area contributed by atoms with Crippen molar-refractivity contribution in [1.29, 1.82) is 0 Å². The van der Waals surface area contributed by atoms with E-state index in [1.54, 1.807) is 7.11 Å². The second-order valence-corrected chi connectivity index (χ2v) is 4.40. The van der Waals surface area contributed by atoms with Crippen LogP contribution in [0, 0.1) is 0 Å². The third-order valence-electron chi connectivity index (χ3n) is 3.01. The van der Waals surface area contributed by atoms with Crippen LogP contribution in [0.5, 0.6) is 5.75 Å². The SMILES string of the molecule is COc1ccc(-c2noc(Cc3ccccc3)n2)cc1. The van der Waals surface area contributed by atoms with Crippen molar-refractivity contribution in [1.82, 2.24) is 10.1 Å². The van der Waals surface area contributed by atoms with Crippen LogP contribution in [0.2, 0.25) is 0 Å². The van der Waals surface area contributed by atoms with Crippen molar-refractivity contribution in [2.24, 2.45) is 0 Å². The fourth-order valence-corrected chi connectivity index (χ4v) is 1.95. The Morgan fingerprint density at radius 2 is 1.75 bits per heavy atom. The summed E-state index contributed by atoms with van der Waals surface area (Å²) in [6.45, 7) is 0. The van der Waals surface area contributed by atoms with Crippen LogP contribution in [-0.4, -0.2) is 17.3 Å². The van der Waals surface area contributed by atoms with E-state index in [0.717, 1.165) is 16.9 Å². The van der Waals surface area contributed by atoms with Gasteiger partial charge < -0.3 is 9.26 Å². The van der Waals surface area contributed by atoms with Gasteiger partial charge >= 0.3 is 0 Å². The Balaban J connectivity index is 1.79. The Morgan fingerprint density at radius 3 is 2.45 bits per heavy atom. The topological polar surface area (TPSA) is 48.2 Å². The summed E-state index contributed by atoms with van der Waals surface area (Å²) in [4.78, 5) is 4.41. The van der Waals surface area contributed by atoms with E-state index in [1.807, 2.05) is 54.6 Å². The highest BCUT2D eigenvalue weighted by atomic mass is 16.5. The largest absolute Gasteiger partial charge is 0.497 e. The first-order valence-electron chi connectivity index (χ1n) is 6.36. The molecule has 3 rings (SSSR count). The van der Waals surface area contributed by atoms with Gasteiger partial charge in [0, 0.05) is 5.56 Å². The van der Waals surface area contributed by atoms with Crippen molar-refractivity contribution in [2.45, 2.75) is 6.42 Å². The summed E-state index contributed by atoms with van der Waals surface area (Å²) in [5.41, 5.74) is 2.06. The summed E-state index contributed by atoms with van der Waals surface area (Å²) in [6, 6.07) is 17.6. The highest BCUT2D eigenvalue weighted by Crippen LogP contribution is 2.20. The van der Waals surface area contributed by atoms with Gasteiger partial charge in [-0.15, -0.1) is 0 Å². The predicted molar refractivity (Wildman–Crippen MR) is 75.5 cm³/mol. The van der Waals surface area contributed by atoms with Crippen LogP contribution >= 0.6 is 0 Å². The first-order chi connectivity index (χ1) is 9.85. The quantitative estimate of drug-likeness (QED) is 0.726. The molecule has 0 amide bonds. The first-order valence-corrected chi connectivity index (χ1v) is 6.36. The van der Waals surface area contributed by atoms with Crippen molar-refractivity contribution in [3.05, 3.63) is 66.1 Å². The smallest absolute Gasteiger partial charge is 0.231 e. The second kappa shape index (κ2) is 5.57.